The molecule has 6 nitrogen and oxygen atoms in total. The lowest BCUT2D eigenvalue weighted by Crippen LogP contribution is -2.11. The SMILES string of the molecule is CCCn1ncnc1Cn1nc(CN)c2ccccc21. The molecule has 104 valence electrons. The molecule has 0 fully saturated rings. The Morgan fingerprint density at radius 2 is 2.05 bits per heavy atom. The predicted octanol–water partition coefficient (Wildman–Crippen LogP) is 1.54. The predicted molar refractivity (Wildman–Crippen MR) is 77.0 cm³/mol. The number of para-hydroxylation sites is 1. The largest absolute Gasteiger partial charge is 0.325 e. The summed E-state index contributed by atoms with van der Waals surface area (Å²) in [6.07, 6.45) is 2.63. The fourth-order valence-electron chi connectivity index (χ4n) is 2.41. The second-order valence-electron chi connectivity index (χ2n) is 4.73. The zero-order valence-corrected chi connectivity index (χ0v) is 11.5. The highest BCUT2D eigenvalue weighted by Crippen LogP contribution is 2.18. The lowest BCUT2D eigenvalue weighted by atomic mass is 10.2. The zero-order chi connectivity index (χ0) is 13.9. The Hall–Kier alpha value is -2.21. The molecule has 1 aromatic carbocycles. The van der Waals surface area contributed by atoms with Crippen LogP contribution in [0.4, 0.5) is 0 Å². The van der Waals surface area contributed by atoms with E-state index in [-0.39, 0.29) is 0 Å². The highest BCUT2D eigenvalue weighted by molar-refractivity contribution is 5.81. The van der Waals surface area contributed by atoms with Crippen LogP contribution in [-0.2, 0) is 19.6 Å². The highest BCUT2D eigenvalue weighted by Gasteiger charge is 2.11. The number of aromatic nitrogens is 5. The Morgan fingerprint density at radius 1 is 1.20 bits per heavy atom. The van der Waals surface area contributed by atoms with E-state index in [1.807, 2.05) is 21.5 Å². The third-order valence-electron chi connectivity index (χ3n) is 3.35. The second-order valence-corrected chi connectivity index (χ2v) is 4.73. The summed E-state index contributed by atoms with van der Waals surface area (Å²) < 4.78 is 3.88. The maximum absolute atomic E-state index is 5.77. The van der Waals surface area contributed by atoms with E-state index in [0.717, 1.165) is 35.4 Å². The van der Waals surface area contributed by atoms with Crippen molar-refractivity contribution in [2.45, 2.75) is 33.0 Å². The van der Waals surface area contributed by atoms with E-state index in [0.29, 0.717) is 13.1 Å². The van der Waals surface area contributed by atoms with E-state index in [4.69, 9.17) is 5.73 Å². The zero-order valence-electron chi connectivity index (χ0n) is 11.5. The fourth-order valence-corrected chi connectivity index (χ4v) is 2.41. The van der Waals surface area contributed by atoms with Gasteiger partial charge in [0.25, 0.3) is 0 Å². The first-order chi connectivity index (χ1) is 9.83. The van der Waals surface area contributed by atoms with Crippen molar-refractivity contribution < 1.29 is 0 Å². The molecule has 6 heteroatoms. The van der Waals surface area contributed by atoms with Crippen molar-refractivity contribution in [2.75, 3.05) is 0 Å². The number of fused-ring (bicyclic) bond motifs is 1. The molecule has 0 radical (unpaired) electrons. The summed E-state index contributed by atoms with van der Waals surface area (Å²) in [6, 6.07) is 8.13. The molecule has 0 amide bonds. The third kappa shape index (κ3) is 2.18. The summed E-state index contributed by atoms with van der Waals surface area (Å²) in [7, 11) is 0. The van der Waals surface area contributed by atoms with Gasteiger partial charge in [-0.2, -0.15) is 10.2 Å². The molecule has 0 unspecified atom stereocenters. The summed E-state index contributed by atoms with van der Waals surface area (Å²) in [6.45, 7) is 4.05. The quantitative estimate of drug-likeness (QED) is 0.763. The Labute approximate surface area is 117 Å². The first-order valence-electron chi connectivity index (χ1n) is 6.84. The van der Waals surface area contributed by atoms with Crippen LogP contribution in [0.25, 0.3) is 10.9 Å². The molecule has 0 spiro atoms. The minimum atomic E-state index is 0.440. The van der Waals surface area contributed by atoms with Gasteiger partial charge < -0.3 is 5.73 Å². The van der Waals surface area contributed by atoms with Crippen LogP contribution in [0.3, 0.4) is 0 Å². The molecule has 0 aliphatic rings. The average molecular weight is 270 g/mol. The van der Waals surface area contributed by atoms with Gasteiger partial charge in [-0.1, -0.05) is 25.1 Å². The molecule has 2 heterocycles. The van der Waals surface area contributed by atoms with E-state index in [1.54, 1.807) is 6.33 Å². The van der Waals surface area contributed by atoms with Gasteiger partial charge >= 0.3 is 0 Å². The van der Waals surface area contributed by atoms with E-state index in [9.17, 15) is 0 Å². The minimum absolute atomic E-state index is 0.440. The monoisotopic (exact) mass is 270 g/mol. The van der Waals surface area contributed by atoms with E-state index in [2.05, 4.69) is 34.2 Å². The number of nitrogens with two attached hydrogens (primary N) is 1. The summed E-state index contributed by atoms with van der Waals surface area (Å²) in [5.41, 5.74) is 7.77. The van der Waals surface area contributed by atoms with E-state index < -0.39 is 0 Å². The van der Waals surface area contributed by atoms with E-state index >= 15 is 0 Å². The Morgan fingerprint density at radius 3 is 2.85 bits per heavy atom. The number of aryl methyl sites for hydroxylation is 1. The van der Waals surface area contributed by atoms with Gasteiger partial charge in [-0.05, 0) is 12.5 Å². The first-order valence-corrected chi connectivity index (χ1v) is 6.84. The van der Waals surface area contributed by atoms with Gasteiger partial charge in [-0.25, -0.2) is 9.67 Å². The van der Waals surface area contributed by atoms with Gasteiger partial charge in [0.05, 0.1) is 11.2 Å². The molecule has 3 aromatic rings. The van der Waals surface area contributed by atoms with Crippen molar-refractivity contribution in [3.63, 3.8) is 0 Å². The molecule has 20 heavy (non-hydrogen) atoms. The van der Waals surface area contributed by atoms with Crippen LogP contribution in [-0.4, -0.2) is 24.5 Å². The van der Waals surface area contributed by atoms with Crippen LogP contribution in [0.15, 0.2) is 30.6 Å². The molecule has 2 N–H and O–H groups in total. The fraction of sp³-hybridized carbons (Fsp3) is 0.357. The van der Waals surface area contributed by atoms with Crippen molar-refractivity contribution in [1.82, 2.24) is 24.5 Å². The Balaban J connectivity index is 2.00. The molecule has 0 aliphatic heterocycles. The highest BCUT2D eigenvalue weighted by atomic mass is 15.4. The Kier molecular flexibility index (Phi) is 3.47. The van der Waals surface area contributed by atoms with Crippen LogP contribution >= 0.6 is 0 Å². The number of rotatable bonds is 5. The van der Waals surface area contributed by atoms with Gasteiger partial charge in [0.15, 0.2) is 0 Å². The smallest absolute Gasteiger partial charge is 0.148 e. The summed E-state index contributed by atoms with van der Waals surface area (Å²) in [4.78, 5) is 4.33. The van der Waals surface area contributed by atoms with Crippen LogP contribution in [0.1, 0.15) is 24.9 Å². The molecule has 0 saturated carbocycles. The molecule has 0 bridgehead atoms. The molecular formula is C14H18N6. The van der Waals surface area contributed by atoms with Crippen molar-refractivity contribution in [3.05, 3.63) is 42.1 Å². The Bertz CT molecular complexity index is 711. The lowest BCUT2D eigenvalue weighted by molar-refractivity contribution is 0.542. The molecule has 0 atom stereocenters. The third-order valence-corrected chi connectivity index (χ3v) is 3.35. The van der Waals surface area contributed by atoms with Gasteiger partial charge in [0, 0.05) is 18.5 Å². The van der Waals surface area contributed by atoms with Crippen molar-refractivity contribution in [2.24, 2.45) is 5.73 Å². The molecule has 3 rings (SSSR count). The summed E-state index contributed by atoms with van der Waals surface area (Å²) >= 11 is 0. The van der Waals surface area contributed by atoms with Crippen molar-refractivity contribution in [3.8, 4) is 0 Å². The van der Waals surface area contributed by atoms with Crippen molar-refractivity contribution in [1.29, 1.82) is 0 Å². The maximum atomic E-state index is 5.77. The van der Waals surface area contributed by atoms with Gasteiger partial charge in [0.1, 0.15) is 18.7 Å². The van der Waals surface area contributed by atoms with Gasteiger partial charge in [-0.3, -0.25) is 4.68 Å². The summed E-state index contributed by atoms with van der Waals surface area (Å²) in [5, 5.41) is 9.95. The maximum Gasteiger partial charge on any atom is 0.148 e. The topological polar surface area (TPSA) is 74.5 Å². The second kappa shape index (κ2) is 5.42. The number of hydrogen-bond acceptors (Lipinski definition) is 4. The van der Waals surface area contributed by atoms with Gasteiger partial charge in [-0.15, -0.1) is 0 Å². The normalized spacial score (nSPS) is 11.3. The van der Waals surface area contributed by atoms with Gasteiger partial charge in [0.2, 0.25) is 0 Å². The number of hydrogen-bond donors (Lipinski definition) is 1. The standard InChI is InChI=1S/C14H18N6/c1-2-7-19-14(16-10-17-19)9-20-13-6-4-3-5-11(13)12(8-15)18-20/h3-6,10H,2,7-9,15H2,1H3. The average Bonchev–Trinajstić information content (AvgIpc) is 3.05. The van der Waals surface area contributed by atoms with Crippen LogP contribution in [0.2, 0.25) is 0 Å². The van der Waals surface area contributed by atoms with Crippen LogP contribution in [0.5, 0.6) is 0 Å². The van der Waals surface area contributed by atoms with Crippen LogP contribution < -0.4 is 5.73 Å². The first kappa shape index (κ1) is 12.8. The lowest BCUT2D eigenvalue weighted by Gasteiger charge is -2.05. The van der Waals surface area contributed by atoms with Crippen molar-refractivity contribution >= 4 is 10.9 Å². The summed E-state index contributed by atoms with van der Waals surface area (Å²) in [5.74, 6) is 0.920. The number of benzene rings is 1. The number of nitrogens with zero attached hydrogens (tertiary/aromatic N) is 5. The molecule has 0 aliphatic carbocycles. The minimum Gasteiger partial charge on any atom is -0.325 e. The molecule has 0 saturated heterocycles. The molecule has 2 aromatic heterocycles. The van der Waals surface area contributed by atoms with E-state index in [1.165, 1.54) is 0 Å². The van der Waals surface area contributed by atoms with Crippen LogP contribution in [0, 0.1) is 0 Å². The molecular weight excluding hydrogens is 252 g/mol.